The van der Waals surface area contributed by atoms with Crippen molar-refractivity contribution in [2.24, 2.45) is 0 Å². The minimum Gasteiger partial charge on any atom is -0.486 e. The summed E-state index contributed by atoms with van der Waals surface area (Å²) in [6, 6.07) is 14.3. The smallest absolute Gasteiger partial charge is 0.228 e. The fourth-order valence-electron chi connectivity index (χ4n) is 3.51. The first-order valence-corrected chi connectivity index (χ1v) is 11.2. The summed E-state index contributed by atoms with van der Waals surface area (Å²) in [6.07, 6.45) is 1.32. The van der Waals surface area contributed by atoms with Crippen molar-refractivity contribution in [3.8, 4) is 22.1 Å². The fraction of sp³-hybridized carbons (Fsp3) is 0.333. The Kier molecular flexibility index (Phi) is 6.33. The molecule has 4 rings (SSSR count). The van der Waals surface area contributed by atoms with Crippen LogP contribution in [-0.4, -0.2) is 35.5 Å². The van der Waals surface area contributed by atoms with Crippen molar-refractivity contribution in [2.75, 3.05) is 19.8 Å². The van der Waals surface area contributed by atoms with E-state index in [0.29, 0.717) is 32.7 Å². The van der Waals surface area contributed by atoms with Crippen LogP contribution in [0.5, 0.6) is 11.5 Å². The third kappa shape index (κ3) is 4.49. The van der Waals surface area contributed by atoms with Gasteiger partial charge in [0.25, 0.3) is 0 Å². The zero-order valence-corrected chi connectivity index (χ0v) is 18.2. The molecule has 5 nitrogen and oxygen atoms in total. The van der Waals surface area contributed by atoms with E-state index in [9.17, 15) is 4.79 Å². The summed E-state index contributed by atoms with van der Waals surface area (Å²) in [5.41, 5.74) is 4.18. The number of aryl methyl sites for hydroxylation is 1. The van der Waals surface area contributed by atoms with Crippen LogP contribution in [0.2, 0.25) is 0 Å². The minimum atomic E-state index is 0.0602. The molecule has 3 aromatic rings. The summed E-state index contributed by atoms with van der Waals surface area (Å²) < 4.78 is 11.5. The number of thiazole rings is 1. The number of carbonyl (C=O) groups excluding carboxylic acids is 1. The highest BCUT2D eigenvalue weighted by molar-refractivity contribution is 7.13. The number of hydrogen-bond donors (Lipinski definition) is 0. The molecular weight excluding hydrogens is 396 g/mol. The lowest BCUT2D eigenvalue weighted by Gasteiger charge is -2.25. The van der Waals surface area contributed by atoms with Gasteiger partial charge in [-0.25, -0.2) is 4.98 Å². The summed E-state index contributed by atoms with van der Waals surface area (Å²) in [6.45, 7) is 6.35. The Morgan fingerprint density at radius 2 is 1.90 bits per heavy atom. The first-order chi connectivity index (χ1) is 14.7. The van der Waals surface area contributed by atoms with E-state index >= 15 is 0 Å². The molecule has 0 fully saturated rings. The number of rotatable bonds is 7. The topological polar surface area (TPSA) is 51.7 Å². The normalized spacial score (nSPS) is 12.6. The number of likely N-dealkylation sites (N-methyl/N-ethyl adjacent to an activating group) is 1. The van der Waals surface area contributed by atoms with Gasteiger partial charge in [-0.15, -0.1) is 11.3 Å². The van der Waals surface area contributed by atoms with Crippen LogP contribution in [0.3, 0.4) is 0 Å². The first-order valence-electron chi connectivity index (χ1n) is 10.4. The molecule has 30 heavy (non-hydrogen) atoms. The molecule has 1 aliphatic heterocycles. The summed E-state index contributed by atoms with van der Waals surface area (Å²) in [4.78, 5) is 19.5. The molecule has 0 saturated carbocycles. The van der Waals surface area contributed by atoms with Gasteiger partial charge in [-0.3, -0.25) is 4.79 Å². The largest absolute Gasteiger partial charge is 0.486 e. The maximum atomic E-state index is 13.0. The van der Waals surface area contributed by atoms with Crippen molar-refractivity contribution >= 4 is 17.2 Å². The minimum absolute atomic E-state index is 0.0602. The second-order valence-electron chi connectivity index (χ2n) is 7.22. The highest BCUT2D eigenvalue weighted by Crippen LogP contribution is 2.34. The molecule has 0 aliphatic carbocycles. The average molecular weight is 423 g/mol. The Bertz CT molecular complexity index is 1010. The monoisotopic (exact) mass is 422 g/mol. The Morgan fingerprint density at radius 3 is 2.67 bits per heavy atom. The summed E-state index contributed by atoms with van der Waals surface area (Å²) >= 11 is 1.58. The molecule has 2 heterocycles. The summed E-state index contributed by atoms with van der Waals surface area (Å²) in [5, 5.41) is 2.93. The fourth-order valence-corrected chi connectivity index (χ4v) is 4.34. The Labute approximate surface area is 181 Å². The number of benzene rings is 2. The van der Waals surface area contributed by atoms with Crippen LogP contribution in [0.4, 0.5) is 0 Å². The molecule has 2 aromatic carbocycles. The molecule has 0 N–H and O–H groups in total. The maximum Gasteiger partial charge on any atom is 0.228 e. The molecule has 0 atom stereocenters. The van der Waals surface area contributed by atoms with Crippen LogP contribution in [0.15, 0.2) is 47.8 Å². The lowest BCUT2D eigenvalue weighted by molar-refractivity contribution is -0.130. The van der Waals surface area contributed by atoms with Gasteiger partial charge in [-0.1, -0.05) is 43.3 Å². The third-order valence-electron chi connectivity index (χ3n) is 5.24. The van der Waals surface area contributed by atoms with E-state index in [2.05, 4.69) is 31.2 Å². The highest BCUT2D eigenvalue weighted by Gasteiger charge is 2.20. The molecule has 6 heteroatoms. The molecule has 1 amide bonds. The van der Waals surface area contributed by atoms with Crippen molar-refractivity contribution < 1.29 is 14.3 Å². The average Bonchev–Trinajstić information content (AvgIpc) is 3.26. The van der Waals surface area contributed by atoms with Crippen molar-refractivity contribution in [1.29, 1.82) is 0 Å². The number of carbonyl (C=O) groups is 1. The van der Waals surface area contributed by atoms with Gasteiger partial charge in [0, 0.05) is 29.6 Å². The van der Waals surface area contributed by atoms with Crippen LogP contribution < -0.4 is 9.47 Å². The van der Waals surface area contributed by atoms with Crippen LogP contribution in [-0.2, 0) is 24.2 Å². The van der Waals surface area contributed by atoms with Crippen LogP contribution in [0.1, 0.15) is 30.7 Å². The third-order valence-corrected chi connectivity index (χ3v) is 6.18. The number of hydrogen-bond acceptors (Lipinski definition) is 5. The quantitative estimate of drug-likeness (QED) is 0.552. The predicted molar refractivity (Wildman–Crippen MR) is 119 cm³/mol. The highest BCUT2D eigenvalue weighted by atomic mass is 32.1. The number of ether oxygens (including phenoxy) is 2. The van der Waals surface area contributed by atoms with Gasteiger partial charge < -0.3 is 14.4 Å². The van der Waals surface area contributed by atoms with Crippen molar-refractivity contribution in [1.82, 2.24) is 9.88 Å². The molecule has 1 aliphatic rings. The van der Waals surface area contributed by atoms with Crippen molar-refractivity contribution in [3.63, 3.8) is 0 Å². The number of nitrogens with zero attached hydrogens (tertiary/aromatic N) is 2. The van der Waals surface area contributed by atoms with Gasteiger partial charge >= 0.3 is 0 Å². The summed E-state index contributed by atoms with van der Waals surface area (Å²) in [5.74, 6) is 1.56. The molecule has 0 saturated heterocycles. The first kappa shape index (κ1) is 20.4. The predicted octanol–water partition coefficient (Wildman–Crippen LogP) is 4.73. The maximum absolute atomic E-state index is 13.0. The van der Waals surface area contributed by atoms with E-state index in [0.717, 1.165) is 39.7 Å². The second-order valence-corrected chi connectivity index (χ2v) is 8.08. The number of aromatic nitrogens is 1. The van der Waals surface area contributed by atoms with Gasteiger partial charge in [0.1, 0.15) is 18.2 Å². The van der Waals surface area contributed by atoms with E-state index in [4.69, 9.17) is 14.5 Å². The standard InChI is InChI=1S/C24H26N2O3S/c1-3-17-8-10-18(11-9-17)24-25-20(16-30-24)14-22(27)26(4-2)15-19-6-5-7-21-23(19)29-13-12-28-21/h5-11,16H,3-4,12-15H2,1-2H3. The molecular formula is C24H26N2O3S. The van der Waals surface area contributed by atoms with Crippen LogP contribution in [0.25, 0.3) is 10.6 Å². The summed E-state index contributed by atoms with van der Waals surface area (Å²) in [7, 11) is 0. The SMILES string of the molecule is CCc1ccc(-c2nc(CC(=O)N(CC)Cc3cccc4c3OCCO4)cs2)cc1. The van der Waals surface area contributed by atoms with E-state index in [-0.39, 0.29) is 5.91 Å². The Balaban J connectivity index is 1.44. The Hall–Kier alpha value is -2.86. The zero-order chi connectivity index (χ0) is 20.9. The molecule has 1 aromatic heterocycles. The van der Waals surface area contributed by atoms with E-state index in [1.165, 1.54) is 5.56 Å². The van der Waals surface area contributed by atoms with Crippen molar-refractivity contribution in [2.45, 2.75) is 33.2 Å². The molecule has 0 radical (unpaired) electrons. The van der Waals surface area contributed by atoms with Gasteiger partial charge in [-0.05, 0) is 25.0 Å². The van der Waals surface area contributed by atoms with E-state index < -0.39 is 0 Å². The van der Waals surface area contributed by atoms with Crippen LogP contribution in [0, 0.1) is 0 Å². The zero-order valence-electron chi connectivity index (χ0n) is 17.4. The van der Waals surface area contributed by atoms with Gasteiger partial charge in [0.2, 0.25) is 5.91 Å². The molecule has 0 bridgehead atoms. The molecule has 0 unspecified atom stereocenters. The Morgan fingerprint density at radius 1 is 1.10 bits per heavy atom. The van der Waals surface area contributed by atoms with E-state index in [1.807, 2.05) is 35.4 Å². The lowest BCUT2D eigenvalue weighted by atomic mass is 10.1. The van der Waals surface area contributed by atoms with Crippen LogP contribution >= 0.6 is 11.3 Å². The number of amides is 1. The molecule has 156 valence electrons. The van der Waals surface area contributed by atoms with Gasteiger partial charge in [0.05, 0.1) is 12.1 Å². The molecule has 0 spiro atoms. The lowest BCUT2D eigenvalue weighted by Crippen LogP contribution is -2.32. The number of para-hydroxylation sites is 1. The van der Waals surface area contributed by atoms with Gasteiger partial charge in [-0.2, -0.15) is 0 Å². The van der Waals surface area contributed by atoms with E-state index in [1.54, 1.807) is 11.3 Å². The second kappa shape index (κ2) is 9.30. The number of fused-ring (bicyclic) bond motifs is 1. The van der Waals surface area contributed by atoms with Gasteiger partial charge in [0.15, 0.2) is 11.5 Å². The van der Waals surface area contributed by atoms with Crippen molar-refractivity contribution in [3.05, 3.63) is 64.7 Å².